The maximum atomic E-state index is 12.5. The van der Waals surface area contributed by atoms with Gasteiger partial charge in [-0.15, -0.1) is 0 Å². The highest BCUT2D eigenvalue weighted by Gasteiger charge is 2.17. The van der Waals surface area contributed by atoms with E-state index in [1.807, 2.05) is 6.92 Å². The summed E-state index contributed by atoms with van der Waals surface area (Å²) in [5.41, 5.74) is 6.38. The highest BCUT2D eigenvalue weighted by atomic mass is 35.5. The molecule has 2 N–H and O–H groups in total. The molecule has 0 aliphatic carbocycles. The summed E-state index contributed by atoms with van der Waals surface area (Å²) in [6, 6.07) is 13.9. The van der Waals surface area contributed by atoms with Crippen LogP contribution in [0.5, 0.6) is 11.5 Å². The summed E-state index contributed by atoms with van der Waals surface area (Å²) in [5.74, 6) is 0.254. The van der Waals surface area contributed by atoms with Crippen molar-refractivity contribution < 1.29 is 19.1 Å². The normalized spacial score (nSPS) is 11.6. The molecule has 0 aliphatic rings. The lowest BCUT2D eigenvalue weighted by Crippen LogP contribution is -2.47. The summed E-state index contributed by atoms with van der Waals surface area (Å²) in [7, 11) is 0. The van der Waals surface area contributed by atoms with Gasteiger partial charge in [-0.1, -0.05) is 11.6 Å². The number of pyridine rings is 1. The SMILES string of the molecule is CCOc1ccc(OC(C)C(=O)NNC(=O)c2cc3cc(Cl)ccc3nc2C)cc1. The van der Waals surface area contributed by atoms with Crippen molar-refractivity contribution in [3.8, 4) is 11.5 Å². The van der Waals surface area contributed by atoms with Gasteiger partial charge in [0.2, 0.25) is 0 Å². The van der Waals surface area contributed by atoms with Crippen molar-refractivity contribution in [2.75, 3.05) is 6.61 Å². The molecule has 2 amide bonds. The molecule has 1 aromatic heterocycles. The maximum Gasteiger partial charge on any atom is 0.279 e. The van der Waals surface area contributed by atoms with E-state index in [-0.39, 0.29) is 0 Å². The zero-order chi connectivity index (χ0) is 21.7. The number of halogens is 1. The first-order valence-electron chi connectivity index (χ1n) is 9.44. The van der Waals surface area contributed by atoms with Crippen LogP contribution < -0.4 is 20.3 Å². The number of amides is 2. The molecular formula is C22H22ClN3O4. The fourth-order valence-electron chi connectivity index (χ4n) is 2.80. The van der Waals surface area contributed by atoms with Crippen LogP contribution in [0.4, 0.5) is 0 Å². The van der Waals surface area contributed by atoms with Crippen molar-refractivity contribution in [1.29, 1.82) is 0 Å². The molecule has 0 bridgehead atoms. The van der Waals surface area contributed by atoms with Crippen molar-refractivity contribution in [2.24, 2.45) is 0 Å². The molecule has 0 spiro atoms. The molecule has 1 atom stereocenters. The van der Waals surface area contributed by atoms with Gasteiger partial charge in [0.1, 0.15) is 11.5 Å². The highest BCUT2D eigenvalue weighted by molar-refractivity contribution is 6.31. The van der Waals surface area contributed by atoms with Crippen LogP contribution in [0.1, 0.15) is 29.9 Å². The first-order valence-corrected chi connectivity index (χ1v) is 9.81. The number of nitrogens with one attached hydrogen (secondary N) is 2. The molecule has 0 radical (unpaired) electrons. The number of carbonyl (C=O) groups is 2. The molecule has 0 saturated heterocycles. The molecular weight excluding hydrogens is 406 g/mol. The first kappa shape index (κ1) is 21.4. The molecule has 0 fully saturated rings. The van der Waals surface area contributed by atoms with Crippen molar-refractivity contribution in [3.63, 3.8) is 0 Å². The minimum Gasteiger partial charge on any atom is -0.494 e. The van der Waals surface area contributed by atoms with E-state index in [0.29, 0.717) is 28.6 Å². The third kappa shape index (κ3) is 5.18. The Morgan fingerprint density at radius 1 is 1.07 bits per heavy atom. The van der Waals surface area contributed by atoms with Gasteiger partial charge in [-0.2, -0.15) is 0 Å². The molecule has 1 unspecified atom stereocenters. The number of aryl methyl sites for hydroxylation is 1. The Labute approximate surface area is 179 Å². The fraction of sp³-hybridized carbons (Fsp3) is 0.227. The number of rotatable bonds is 6. The molecule has 0 saturated carbocycles. The lowest BCUT2D eigenvalue weighted by molar-refractivity contribution is -0.128. The highest BCUT2D eigenvalue weighted by Crippen LogP contribution is 2.21. The number of fused-ring (bicyclic) bond motifs is 1. The van der Waals surface area contributed by atoms with Crippen LogP contribution >= 0.6 is 11.6 Å². The van der Waals surface area contributed by atoms with Crippen molar-refractivity contribution >= 4 is 34.3 Å². The summed E-state index contributed by atoms with van der Waals surface area (Å²) in [4.78, 5) is 29.2. The van der Waals surface area contributed by atoms with Crippen LogP contribution in [0.3, 0.4) is 0 Å². The second-order valence-electron chi connectivity index (χ2n) is 6.57. The van der Waals surface area contributed by atoms with Crippen LogP contribution in [0.25, 0.3) is 10.9 Å². The van der Waals surface area contributed by atoms with Gasteiger partial charge >= 0.3 is 0 Å². The quantitative estimate of drug-likeness (QED) is 0.583. The van der Waals surface area contributed by atoms with E-state index in [0.717, 1.165) is 16.7 Å². The van der Waals surface area contributed by atoms with Crippen molar-refractivity contribution in [2.45, 2.75) is 26.9 Å². The van der Waals surface area contributed by atoms with E-state index in [1.54, 1.807) is 62.4 Å². The summed E-state index contributed by atoms with van der Waals surface area (Å²) < 4.78 is 11.0. The topological polar surface area (TPSA) is 89.5 Å². The van der Waals surface area contributed by atoms with Crippen LogP contribution in [-0.2, 0) is 4.79 Å². The lowest BCUT2D eigenvalue weighted by atomic mass is 10.1. The Morgan fingerprint density at radius 2 is 1.77 bits per heavy atom. The average molecular weight is 428 g/mol. The number of aromatic nitrogens is 1. The van der Waals surface area contributed by atoms with E-state index in [9.17, 15) is 9.59 Å². The van der Waals surface area contributed by atoms with Gasteiger partial charge in [-0.3, -0.25) is 25.4 Å². The molecule has 2 aromatic carbocycles. The summed E-state index contributed by atoms with van der Waals surface area (Å²) >= 11 is 6.01. The van der Waals surface area contributed by atoms with Crippen LogP contribution in [0, 0.1) is 6.92 Å². The molecule has 3 rings (SSSR count). The Balaban J connectivity index is 1.60. The maximum absolute atomic E-state index is 12.5. The minimum absolute atomic E-state index is 0.338. The van der Waals surface area contributed by atoms with E-state index in [2.05, 4.69) is 15.8 Å². The number of hydrazine groups is 1. The monoisotopic (exact) mass is 427 g/mol. The number of hydrogen-bond donors (Lipinski definition) is 2. The number of benzene rings is 2. The molecule has 0 aliphatic heterocycles. The van der Waals surface area contributed by atoms with Crippen molar-refractivity contribution in [1.82, 2.24) is 15.8 Å². The van der Waals surface area contributed by atoms with E-state index in [4.69, 9.17) is 21.1 Å². The fourth-order valence-corrected chi connectivity index (χ4v) is 2.98. The van der Waals surface area contributed by atoms with E-state index < -0.39 is 17.9 Å². The number of carbonyl (C=O) groups excluding carboxylic acids is 2. The standard InChI is InChI=1S/C22H22ClN3O4/c1-4-29-17-6-8-18(9-7-17)30-14(3)21(27)25-26-22(28)19-12-15-11-16(23)5-10-20(15)24-13(19)2/h5-12,14H,4H2,1-3H3,(H,25,27)(H,26,28). The Morgan fingerprint density at radius 3 is 2.47 bits per heavy atom. The first-order chi connectivity index (χ1) is 14.4. The minimum atomic E-state index is -0.821. The molecule has 3 aromatic rings. The number of hydrogen-bond acceptors (Lipinski definition) is 5. The second kappa shape index (κ2) is 9.45. The van der Waals surface area contributed by atoms with Crippen LogP contribution in [0.2, 0.25) is 5.02 Å². The average Bonchev–Trinajstić information content (AvgIpc) is 2.73. The smallest absolute Gasteiger partial charge is 0.279 e. The van der Waals surface area contributed by atoms with E-state index in [1.165, 1.54) is 0 Å². The van der Waals surface area contributed by atoms with Crippen molar-refractivity contribution in [3.05, 3.63) is 64.8 Å². The Bertz CT molecular complexity index is 1070. The van der Waals surface area contributed by atoms with Gasteiger partial charge in [0, 0.05) is 10.4 Å². The van der Waals surface area contributed by atoms with Gasteiger partial charge in [-0.05, 0) is 69.3 Å². The van der Waals surface area contributed by atoms with Gasteiger partial charge in [0.05, 0.1) is 23.4 Å². The predicted octanol–water partition coefficient (Wildman–Crippen LogP) is 3.82. The zero-order valence-electron chi connectivity index (χ0n) is 16.9. The van der Waals surface area contributed by atoms with Gasteiger partial charge in [0.15, 0.2) is 6.10 Å². The Kier molecular flexibility index (Phi) is 6.74. The van der Waals surface area contributed by atoms with Gasteiger partial charge in [-0.25, -0.2) is 0 Å². The van der Waals surface area contributed by atoms with E-state index >= 15 is 0 Å². The second-order valence-corrected chi connectivity index (χ2v) is 7.00. The predicted molar refractivity (Wildman–Crippen MR) is 115 cm³/mol. The molecule has 1 heterocycles. The third-order valence-corrected chi connectivity index (χ3v) is 4.56. The lowest BCUT2D eigenvalue weighted by Gasteiger charge is -2.16. The summed E-state index contributed by atoms with van der Waals surface area (Å²) in [6.45, 7) is 5.78. The largest absolute Gasteiger partial charge is 0.494 e. The molecule has 8 heteroatoms. The number of nitrogens with zero attached hydrogens (tertiary/aromatic N) is 1. The van der Waals surface area contributed by atoms with Gasteiger partial charge < -0.3 is 9.47 Å². The zero-order valence-corrected chi connectivity index (χ0v) is 17.6. The molecule has 30 heavy (non-hydrogen) atoms. The summed E-state index contributed by atoms with van der Waals surface area (Å²) in [5, 5.41) is 1.28. The molecule has 7 nitrogen and oxygen atoms in total. The summed E-state index contributed by atoms with van der Waals surface area (Å²) in [6.07, 6.45) is -0.821. The Hall–Kier alpha value is -3.32. The van der Waals surface area contributed by atoms with Crippen LogP contribution in [-0.4, -0.2) is 29.5 Å². The van der Waals surface area contributed by atoms with Crippen LogP contribution in [0.15, 0.2) is 48.5 Å². The third-order valence-electron chi connectivity index (χ3n) is 4.33. The number of ether oxygens (including phenoxy) is 2. The molecule has 156 valence electrons. The van der Waals surface area contributed by atoms with Gasteiger partial charge in [0.25, 0.3) is 11.8 Å².